The van der Waals surface area contributed by atoms with E-state index in [1.165, 1.54) is 12.1 Å². The lowest BCUT2D eigenvalue weighted by Crippen LogP contribution is -2.36. The number of carbonyl (C=O) groups is 2. The molecular formula is C18H21N3O5. The lowest BCUT2D eigenvalue weighted by Gasteiger charge is -2.27. The average Bonchev–Trinajstić information content (AvgIpc) is 3.46. The highest BCUT2D eigenvalue weighted by Gasteiger charge is 2.35. The van der Waals surface area contributed by atoms with Crippen LogP contribution in [0.1, 0.15) is 48.9 Å². The third kappa shape index (κ3) is 4.01. The van der Waals surface area contributed by atoms with Crippen molar-refractivity contribution >= 4 is 23.3 Å². The van der Waals surface area contributed by atoms with Gasteiger partial charge in [0.1, 0.15) is 5.69 Å². The molecule has 3 rings (SSSR count). The summed E-state index contributed by atoms with van der Waals surface area (Å²) in [5, 5.41) is 10.9. The van der Waals surface area contributed by atoms with E-state index in [1.54, 1.807) is 4.90 Å². The van der Waals surface area contributed by atoms with Crippen LogP contribution >= 0.6 is 0 Å². The second-order valence-corrected chi connectivity index (χ2v) is 6.54. The monoisotopic (exact) mass is 359 g/mol. The maximum absolute atomic E-state index is 12.6. The smallest absolute Gasteiger partial charge is 0.338 e. The number of carbonyl (C=O) groups excluding carboxylic acids is 2. The molecule has 0 aromatic heterocycles. The number of rotatable bonds is 6. The van der Waals surface area contributed by atoms with Crippen molar-refractivity contribution < 1.29 is 19.2 Å². The summed E-state index contributed by atoms with van der Waals surface area (Å²) in [7, 11) is 0. The number of nitrogen functional groups attached to an aromatic ring is 1. The maximum atomic E-state index is 12.6. The zero-order valence-electron chi connectivity index (χ0n) is 14.3. The van der Waals surface area contributed by atoms with Crippen LogP contribution in [0.4, 0.5) is 11.4 Å². The van der Waals surface area contributed by atoms with Crippen LogP contribution in [0.15, 0.2) is 30.0 Å². The number of nitrogens with two attached hydrogens (primary N) is 1. The fraction of sp³-hybridized carbons (Fsp3) is 0.444. The lowest BCUT2D eigenvalue weighted by molar-refractivity contribution is -0.383. The van der Waals surface area contributed by atoms with Crippen molar-refractivity contribution in [3.8, 4) is 0 Å². The van der Waals surface area contributed by atoms with Crippen molar-refractivity contribution in [3.05, 3.63) is 45.6 Å². The summed E-state index contributed by atoms with van der Waals surface area (Å²) < 4.78 is 5.09. The van der Waals surface area contributed by atoms with E-state index < -0.39 is 10.9 Å². The Morgan fingerprint density at radius 3 is 2.69 bits per heavy atom. The third-order valence-corrected chi connectivity index (χ3v) is 4.55. The molecule has 1 amide bonds. The van der Waals surface area contributed by atoms with Crippen LogP contribution in [0.25, 0.3) is 0 Å². The molecule has 0 spiro atoms. The van der Waals surface area contributed by atoms with Crippen molar-refractivity contribution in [2.75, 3.05) is 12.3 Å². The first-order valence-corrected chi connectivity index (χ1v) is 8.69. The zero-order valence-corrected chi connectivity index (χ0v) is 14.3. The number of nitro groups is 1. The minimum absolute atomic E-state index is 0.00597. The molecule has 1 fully saturated rings. The lowest BCUT2D eigenvalue weighted by atomic mass is 10.0. The molecule has 0 heterocycles. The molecule has 138 valence electrons. The van der Waals surface area contributed by atoms with Crippen LogP contribution in [0.3, 0.4) is 0 Å². The highest BCUT2D eigenvalue weighted by molar-refractivity contribution is 5.93. The van der Waals surface area contributed by atoms with Gasteiger partial charge in [-0.1, -0.05) is 6.08 Å². The largest absolute Gasteiger partial charge is 0.452 e. The topological polar surface area (TPSA) is 116 Å². The molecule has 1 aromatic carbocycles. The number of nitro benzene ring substituents is 1. The third-order valence-electron chi connectivity index (χ3n) is 4.55. The molecule has 0 atom stereocenters. The van der Waals surface area contributed by atoms with E-state index in [1.807, 2.05) is 0 Å². The number of benzene rings is 1. The summed E-state index contributed by atoms with van der Waals surface area (Å²) in [6.07, 6.45) is 8.01. The molecule has 0 unspecified atom stereocenters. The van der Waals surface area contributed by atoms with E-state index in [0.717, 1.165) is 50.3 Å². The minimum Gasteiger partial charge on any atom is -0.452 e. The fourth-order valence-electron chi connectivity index (χ4n) is 3.08. The molecule has 1 aromatic rings. The van der Waals surface area contributed by atoms with Gasteiger partial charge in [-0.2, -0.15) is 0 Å². The van der Waals surface area contributed by atoms with Gasteiger partial charge in [-0.15, -0.1) is 0 Å². The zero-order chi connectivity index (χ0) is 18.7. The first kappa shape index (κ1) is 17.9. The number of hydrogen-bond donors (Lipinski definition) is 1. The number of ether oxygens (including phenoxy) is 1. The molecule has 8 nitrogen and oxygen atoms in total. The Morgan fingerprint density at radius 2 is 2.08 bits per heavy atom. The predicted octanol–water partition coefficient (Wildman–Crippen LogP) is 2.78. The van der Waals surface area contributed by atoms with Gasteiger partial charge in [0.15, 0.2) is 6.61 Å². The van der Waals surface area contributed by atoms with E-state index >= 15 is 0 Å². The number of nitrogens with zero attached hydrogens (tertiary/aromatic N) is 2. The molecule has 2 aliphatic rings. The Bertz CT molecular complexity index is 770. The van der Waals surface area contributed by atoms with E-state index in [2.05, 4.69) is 6.08 Å². The van der Waals surface area contributed by atoms with Gasteiger partial charge in [-0.3, -0.25) is 14.9 Å². The van der Waals surface area contributed by atoms with Crippen molar-refractivity contribution in [1.82, 2.24) is 4.90 Å². The van der Waals surface area contributed by atoms with Gasteiger partial charge < -0.3 is 15.4 Å². The fourth-order valence-corrected chi connectivity index (χ4v) is 3.08. The summed E-state index contributed by atoms with van der Waals surface area (Å²) in [5.74, 6) is -1.03. The summed E-state index contributed by atoms with van der Waals surface area (Å²) in [6, 6.07) is 3.88. The van der Waals surface area contributed by atoms with Gasteiger partial charge in [-0.05, 0) is 50.7 Å². The van der Waals surface area contributed by atoms with Crippen LogP contribution in [-0.4, -0.2) is 34.3 Å². The van der Waals surface area contributed by atoms with Crippen LogP contribution in [-0.2, 0) is 9.53 Å². The van der Waals surface area contributed by atoms with Gasteiger partial charge in [0.05, 0.1) is 10.5 Å². The number of anilines is 1. The second-order valence-electron chi connectivity index (χ2n) is 6.54. The Morgan fingerprint density at radius 1 is 1.31 bits per heavy atom. The van der Waals surface area contributed by atoms with E-state index in [0.29, 0.717) is 0 Å². The van der Waals surface area contributed by atoms with Crippen molar-refractivity contribution in [1.29, 1.82) is 0 Å². The number of amides is 1. The highest BCUT2D eigenvalue weighted by Crippen LogP contribution is 2.33. The predicted molar refractivity (Wildman–Crippen MR) is 94.2 cm³/mol. The molecule has 26 heavy (non-hydrogen) atoms. The standard InChI is InChI=1S/C18H21N3O5/c19-15-9-6-12(10-16(15)21(24)25)18(23)26-11-17(22)20(14-7-8-14)13-4-2-1-3-5-13/h4,6,9-10,14H,1-3,5,7-8,11,19H2. The van der Waals surface area contributed by atoms with E-state index in [9.17, 15) is 19.7 Å². The minimum atomic E-state index is -0.783. The second kappa shape index (κ2) is 7.55. The van der Waals surface area contributed by atoms with Crippen LogP contribution in [0.5, 0.6) is 0 Å². The Hall–Kier alpha value is -2.90. The SMILES string of the molecule is Nc1ccc(C(=O)OCC(=O)N(C2=CCCCC2)C2CC2)cc1[N+](=O)[O-]. The normalized spacial score (nSPS) is 16.5. The van der Waals surface area contributed by atoms with E-state index in [4.69, 9.17) is 10.5 Å². The van der Waals surface area contributed by atoms with Crippen LogP contribution in [0.2, 0.25) is 0 Å². The average molecular weight is 359 g/mol. The first-order valence-electron chi connectivity index (χ1n) is 8.69. The Kier molecular flexibility index (Phi) is 5.20. The number of hydrogen-bond acceptors (Lipinski definition) is 6. The number of esters is 1. The molecule has 8 heteroatoms. The highest BCUT2D eigenvalue weighted by atomic mass is 16.6. The molecule has 2 N–H and O–H groups in total. The first-order chi connectivity index (χ1) is 12.5. The summed E-state index contributed by atoms with van der Waals surface area (Å²) in [6.45, 7) is -0.384. The van der Waals surface area contributed by atoms with Gasteiger partial charge in [-0.25, -0.2) is 4.79 Å². The molecule has 0 aliphatic heterocycles. The van der Waals surface area contributed by atoms with Crippen molar-refractivity contribution in [2.45, 2.75) is 44.6 Å². The van der Waals surface area contributed by atoms with Gasteiger partial charge >= 0.3 is 5.97 Å². The summed E-state index contributed by atoms with van der Waals surface area (Å²) in [5.41, 5.74) is 6.13. The Balaban J connectivity index is 1.65. The van der Waals surface area contributed by atoms with Crippen molar-refractivity contribution in [3.63, 3.8) is 0 Å². The van der Waals surface area contributed by atoms with Crippen LogP contribution < -0.4 is 5.73 Å². The molecule has 0 saturated heterocycles. The van der Waals surface area contributed by atoms with Crippen LogP contribution in [0, 0.1) is 10.1 Å². The molecule has 0 radical (unpaired) electrons. The van der Waals surface area contributed by atoms with Gasteiger partial charge in [0, 0.05) is 17.8 Å². The van der Waals surface area contributed by atoms with Gasteiger partial charge in [0.25, 0.3) is 11.6 Å². The molecule has 1 saturated carbocycles. The molecule has 2 aliphatic carbocycles. The number of allylic oxidation sites excluding steroid dienone is 2. The van der Waals surface area contributed by atoms with Crippen molar-refractivity contribution in [2.24, 2.45) is 0 Å². The summed E-state index contributed by atoms with van der Waals surface area (Å²) >= 11 is 0. The van der Waals surface area contributed by atoms with Gasteiger partial charge in [0.2, 0.25) is 0 Å². The molecule has 0 bridgehead atoms. The maximum Gasteiger partial charge on any atom is 0.338 e. The molecular weight excluding hydrogens is 338 g/mol. The Labute approximate surface area is 150 Å². The van der Waals surface area contributed by atoms with E-state index in [-0.39, 0.29) is 35.5 Å². The summed E-state index contributed by atoms with van der Waals surface area (Å²) in [4.78, 5) is 36.7. The quantitative estimate of drug-likeness (QED) is 0.361.